The first-order chi connectivity index (χ1) is 16.1. The summed E-state index contributed by atoms with van der Waals surface area (Å²) in [4.78, 5) is 24.9. The molecule has 1 aliphatic heterocycles. The fourth-order valence-corrected chi connectivity index (χ4v) is 4.48. The smallest absolute Gasteiger partial charge is 0.255 e. The van der Waals surface area contributed by atoms with Gasteiger partial charge in [0.05, 0.1) is 18.2 Å². The van der Waals surface area contributed by atoms with E-state index in [-0.39, 0.29) is 6.73 Å². The number of nitrogens with zero attached hydrogens (tertiary/aromatic N) is 2. The highest BCUT2D eigenvalue weighted by molar-refractivity contribution is 6.76. The van der Waals surface area contributed by atoms with Crippen LogP contribution in [-0.2, 0) is 16.3 Å². The lowest BCUT2D eigenvalue weighted by Crippen LogP contribution is -2.49. The molecule has 2 heterocycles. The van der Waals surface area contributed by atoms with Crippen molar-refractivity contribution in [2.75, 3.05) is 13.2 Å². The summed E-state index contributed by atoms with van der Waals surface area (Å²) in [6.45, 7) is 8.25. The SMILES string of the molecule is C[Si](C)(C)CCOCn1cc2c(n1)-c1cccc(c1)OCCCCC[C@@H](C(O)C(N)=O)NC2=O. The minimum atomic E-state index is -1.47. The molecule has 4 N–H and O–H groups in total. The van der Waals surface area contributed by atoms with Gasteiger partial charge in [-0.3, -0.25) is 9.59 Å². The lowest BCUT2D eigenvalue weighted by molar-refractivity contribution is -0.127. The van der Waals surface area contributed by atoms with Gasteiger partial charge in [-0.05, 0) is 37.4 Å². The summed E-state index contributed by atoms with van der Waals surface area (Å²) < 4.78 is 13.3. The predicted molar refractivity (Wildman–Crippen MR) is 132 cm³/mol. The third-order valence-corrected chi connectivity index (χ3v) is 7.46. The van der Waals surface area contributed by atoms with Crippen molar-refractivity contribution in [3.05, 3.63) is 36.0 Å². The van der Waals surface area contributed by atoms with E-state index in [1.54, 1.807) is 10.9 Å². The molecule has 0 spiro atoms. The number of hydrogen-bond donors (Lipinski definition) is 3. The number of amides is 2. The average molecular weight is 489 g/mol. The summed E-state index contributed by atoms with van der Waals surface area (Å²) in [5, 5.41) is 17.7. The quantitative estimate of drug-likeness (QED) is 0.406. The highest BCUT2D eigenvalue weighted by Crippen LogP contribution is 2.27. The molecular weight excluding hydrogens is 452 g/mol. The van der Waals surface area contributed by atoms with E-state index < -0.39 is 32.0 Å². The van der Waals surface area contributed by atoms with Crippen LogP contribution in [-0.4, -0.2) is 60.1 Å². The highest BCUT2D eigenvalue weighted by Gasteiger charge is 2.28. The van der Waals surface area contributed by atoms with Gasteiger partial charge < -0.3 is 25.6 Å². The van der Waals surface area contributed by atoms with Crippen LogP contribution in [0.15, 0.2) is 30.5 Å². The summed E-state index contributed by atoms with van der Waals surface area (Å²) in [6.07, 6.45) is 2.92. The number of nitrogens with two attached hydrogens (primary N) is 1. The molecule has 0 radical (unpaired) electrons. The first-order valence-corrected chi connectivity index (χ1v) is 15.5. The molecule has 2 aromatic rings. The first kappa shape index (κ1) is 25.9. The number of fused-ring (bicyclic) bond motifs is 4. The van der Waals surface area contributed by atoms with E-state index in [1.165, 1.54) is 0 Å². The fourth-order valence-electron chi connectivity index (χ4n) is 3.72. The number of aliphatic hydroxyl groups is 1. The summed E-state index contributed by atoms with van der Waals surface area (Å²) >= 11 is 0. The molecule has 2 bridgehead atoms. The zero-order valence-corrected chi connectivity index (χ0v) is 21.3. The van der Waals surface area contributed by atoms with Crippen LogP contribution in [0, 0.1) is 0 Å². The Morgan fingerprint density at radius 2 is 2.15 bits per heavy atom. The summed E-state index contributed by atoms with van der Waals surface area (Å²) in [5.74, 6) is -0.588. The van der Waals surface area contributed by atoms with E-state index >= 15 is 0 Å². The number of hydrogen-bond acceptors (Lipinski definition) is 6. The van der Waals surface area contributed by atoms with Crippen molar-refractivity contribution in [1.82, 2.24) is 15.1 Å². The number of aromatic nitrogens is 2. The molecular formula is C24H36N4O5Si. The predicted octanol–water partition coefficient (Wildman–Crippen LogP) is 2.76. The standard InChI is InChI=1S/C24H36N4O5Si/c1-34(2,3)13-12-32-16-28-15-19-21(27-28)17-8-7-9-18(14-17)33-11-6-4-5-10-20(26-24(19)31)22(29)23(25)30/h7-9,14-15,20,22,29H,4-6,10-13,16H2,1-3H3,(H2,25,30)(H,26,31)/t20-,22?/m0/s1. The Morgan fingerprint density at radius 1 is 1.35 bits per heavy atom. The van der Waals surface area contributed by atoms with Gasteiger partial charge in [0.15, 0.2) is 6.10 Å². The van der Waals surface area contributed by atoms with Gasteiger partial charge in [0.25, 0.3) is 5.91 Å². The second-order valence-electron chi connectivity index (χ2n) is 9.93. The van der Waals surface area contributed by atoms with Crippen LogP contribution < -0.4 is 15.8 Å². The number of primary amides is 1. The number of rotatable bonds is 7. The van der Waals surface area contributed by atoms with Crippen molar-refractivity contribution in [3.63, 3.8) is 0 Å². The van der Waals surface area contributed by atoms with Crippen molar-refractivity contribution in [1.29, 1.82) is 0 Å². The molecule has 186 valence electrons. The molecule has 1 aromatic heterocycles. The number of ether oxygens (including phenoxy) is 2. The second kappa shape index (κ2) is 11.6. The van der Waals surface area contributed by atoms with E-state index in [1.807, 2.05) is 24.3 Å². The monoisotopic (exact) mass is 488 g/mol. The van der Waals surface area contributed by atoms with Crippen LogP contribution in [0.4, 0.5) is 0 Å². The molecule has 1 aliphatic rings. The van der Waals surface area contributed by atoms with Crippen molar-refractivity contribution >= 4 is 19.9 Å². The molecule has 34 heavy (non-hydrogen) atoms. The molecule has 2 amide bonds. The second-order valence-corrected chi connectivity index (χ2v) is 15.6. The largest absolute Gasteiger partial charge is 0.494 e. The van der Waals surface area contributed by atoms with E-state index in [9.17, 15) is 14.7 Å². The number of benzene rings is 1. The van der Waals surface area contributed by atoms with Crippen LogP contribution >= 0.6 is 0 Å². The number of carbonyl (C=O) groups excluding carboxylic acids is 2. The molecule has 3 rings (SSSR count). The molecule has 9 nitrogen and oxygen atoms in total. The summed E-state index contributed by atoms with van der Waals surface area (Å²) in [6, 6.07) is 7.71. The topological polar surface area (TPSA) is 129 Å². The minimum absolute atomic E-state index is 0.217. The molecule has 0 saturated heterocycles. The van der Waals surface area contributed by atoms with Gasteiger partial charge in [0.1, 0.15) is 18.2 Å². The van der Waals surface area contributed by atoms with Gasteiger partial charge in [0, 0.05) is 26.4 Å². The van der Waals surface area contributed by atoms with E-state index in [0.717, 1.165) is 24.4 Å². The van der Waals surface area contributed by atoms with Crippen LogP contribution in [0.5, 0.6) is 5.75 Å². The minimum Gasteiger partial charge on any atom is -0.494 e. The maximum atomic E-state index is 13.3. The van der Waals surface area contributed by atoms with Gasteiger partial charge in [-0.2, -0.15) is 5.10 Å². The Morgan fingerprint density at radius 3 is 2.88 bits per heavy atom. The van der Waals surface area contributed by atoms with Crippen molar-refractivity contribution in [2.24, 2.45) is 5.73 Å². The number of nitrogens with one attached hydrogen (secondary N) is 1. The molecule has 1 aromatic carbocycles. The normalized spacial score (nSPS) is 18.2. The maximum Gasteiger partial charge on any atom is 0.255 e. The van der Waals surface area contributed by atoms with Crippen LogP contribution in [0.25, 0.3) is 11.3 Å². The van der Waals surface area contributed by atoms with E-state index in [4.69, 9.17) is 15.2 Å². The lowest BCUT2D eigenvalue weighted by Gasteiger charge is -2.22. The molecule has 0 fully saturated rings. The third kappa shape index (κ3) is 7.41. The number of carbonyl (C=O) groups is 2. The Kier molecular flexibility index (Phi) is 8.87. The highest BCUT2D eigenvalue weighted by atomic mass is 28.3. The Labute approximate surface area is 201 Å². The fraction of sp³-hybridized carbons (Fsp3) is 0.542. The van der Waals surface area contributed by atoms with Gasteiger partial charge in [-0.1, -0.05) is 38.2 Å². The van der Waals surface area contributed by atoms with Gasteiger partial charge >= 0.3 is 0 Å². The van der Waals surface area contributed by atoms with Crippen molar-refractivity contribution < 1.29 is 24.2 Å². The lowest BCUT2D eigenvalue weighted by atomic mass is 10.0. The molecule has 0 saturated carbocycles. The van der Waals surface area contributed by atoms with E-state index in [2.05, 4.69) is 30.1 Å². The first-order valence-electron chi connectivity index (χ1n) is 11.8. The van der Waals surface area contributed by atoms with Crippen LogP contribution in [0.3, 0.4) is 0 Å². The molecule has 10 heteroatoms. The summed E-state index contributed by atoms with van der Waals surface area (Å²) in [7, 11) is -1.22. The number of aliphatic hydroxyl groups excluding tert-OH is 1. The third-order valence-electron chi connectivity index (χ3n) is 5.75. The van der Waals surface area contributed by atoms with E-state index in [0.29, 0.717) is 43.1 Å². The van der Waals surface area contributed by atoms with Crippen molar-refractivity contribution in [3.8, 4) is 17.0 Å². The van der Waals surface area contributed by atoms with Gasteiger partial charge in [0.2, 0.25) is 5.91 Å². The van der Waals surface area contributed by atoms with Crippen LogP contribution in [0.1, 0.15) is 36.0 Å². The summed E-state index contributed by atoms with van der Waals surface area (Å²) in [5.41, 5.74) is 6.85. The van der Waals surface area contributed by atoms with Crippen LogP contribution in [0.2, 0.25) is 25.7 Å². The van der Waals surface area contributed by atoms with Crippen molar-refractivity contribution in [2.45, 2.75) is 70.2 Å². The molecule has 2 atom stereocenters. The maximum absolute atomic E-state index is 13.3. The molecule has 0 aliphatic carbocycles. The van der Waals surface area contributed by atoms with Gasteiger partial charge in [-0.15, -0.1) is 0 Å². The Bertz CT molecular complexity index is 988. The zero-order chi connectivity index (χ0) is 24.7. The average Bonchev–Trinajstić information content (AvgIpc) is 3.21. The molecule has 1 unspecified atom stereocenters. The zero-order valence-electron chi connectivity index (χ0n) is 20.3. The van der Waals surface area contributed by atoms with Gasteiger partial charge in [-0.25, -0.2) is 4.68 Å². The Balaban J connectivity index is 1.90. The Hall–Kier alpha value is -2.69.